The van der Waals surface area contributed by atoms with Gasteiger partial charge in [-0.3, -0.25) is 4.79 Å². The molecule has 0 saturated heterocycles. The van der Waals surface area contributed by atoms with Crippen LogP contribution in [0, 0.1) is 18.7 Å². The van der Waals surface area contributed by atoms with Gasteiger partial charge in [0.25, 0.3) is 0 Å². The minimum atomic E-state index is -0.366. The zero-order valence-corrected chi connectivity index (χ0v) is 7.73. The largest absolute Gasteiger partial charge is 0.294 e. The van der Waals surface area contributed by atoms with Crippen molar-refractivity contribution in [1.29, 1.82) is 0 Å². The molecule has 0 spiro atoms. The highest BCUT2D eigenvalue weighted by Crippen LogP contribution is 2.30. The summed E-state index contributed by atoms with van der Waals surface area (Å²) in [4.78, 5) is 11.5. The van der Waals surface area contributed by atoms with Gasteiger partial charge in [0.1, 0.15) is 5.82 Å². The predicted molar refractivity (Wildman–Crippen MR) is 48.3 cm³/mol. The van der Waals surface area contributed by atoms with Crippen LogP contribution in [-0.4, -0.2) is 5.78 Å². The molecular weight excluding hydrogens is 167 g/mol. The van der Waals surface area contributed by atoms with Crippen molar-refractivity contribution in [3.63, 3.8) is 0 Å². The third-order valence-electron chi connectivity index (χ3n) is 2.70. The highest BCUT2D eigenvalue weighted by molar-refractivity contribution is 6.02. The van der Waals surface area contributed by atoms with Crippen LogP contribution in [0.3, 0.4) is 0 Å². The van der Waals surface area contributed by atoms with Crippen LogP contribution in [-0.2, 0) is 6.42 Å². The summed E-state index contributed by atoms with van der Waals surface area (Å²) in [5.41, 5.74) is 2.25. The molecule has 0 N–H and O–H groups in total. The van der Waals surface area contributed by atoms with Crippen molar-refractivity contribution in [3.8, 4) is 0 Å². The first-order valence-electron chi connectivity index (χ1n) is 4.43. The van der Waals surface area contributed by atoms with E-state index in [-0.39, 0.29) is 17.5 Å². The molecule has 0 bridgehead atoms. The average molecular weight is 178 g/mol. The minimum Gasteiger partial charge on any atom is -0.294 e. The van der Waals surface area contributed by atoms with Crippen LogP contribution in [0.4, 0.5) is 4.39 Å². The lowest BCUT2D eigenvalue weighted by molar-refractivity contribution is 0.0943. The number of ketones is 1. The Kier molecular flexibility index (Phi) is 1.72. The Morgan fingerprint density at radius 3 is 2.77 bits per heavy atom. The zero-order valence-electron chi connectivity index (χ0n) is 7.73. The van der Waals surface area contributed by atoms with Gasteiger partial charge in [-0.2, -0.15) is 0 Å². The van der Waals surface area contributed by atoms with Crippen molar-refractivity contribution in [2.24, 2.45) is 5.92 Å². The molecule has 1 nitrogen and oxygen atoms in total. The number of aryl methyl sites for hydroxylation is 1. The SMILES string of the molecule is Cc1ccc(F)c2c1CC(C)C2=O. The van der Waals surface area contributed by atoms with Gasteiger partial charge in [0.05, 0.1) is 5.56 Å². The number of carbonyl (C=O) groups excluding carboxylic acids is 1. The molecule has 1 aromatic rings. The molecule has 0 fully saturated rings. The van der Waals surface area contributed by atoms with Crippen LogP contribution >= 0.6 is 0 Å². The van der Waals surface area contributed by atoms with E-state index < -0.39 is 0 Å². The summed E-state index contributed by atoms with van der Waals surface area (Å²) in [6.45, 7) is 3.77. The second kappa shape index (κ2) is 2.66. The van der Waals surface area contributed by atoms with Crippen LogP contribution < -0.4 is 0 Å². The molecule has 0 aliphatic heterocycles. The number of hydrogen-bond acceptors (Lipinski definition) is 1. The number of benzene rings is 1. The monoisotopic (exact) mass is 178 g/mol. The lowest BCUT2D eigenvalue weighted by atomic mass is 10.0. The third-order valence-corrected chi connectivity index (χ3v) is 2.70. The average Bonchev–Trinajstić information content (AvgIpc) is 2.38. The number of halogens is 1. The lowest BCUT2D eigenvalue weighted by Gasteiger charge is -2.02. The molecule has 1 aliphatic rings. The smallest absolute Gasteiger partial charge is 0.169 e. The van der Waals surface area contributed by atoms with Crippen molar-refractivity contribution in [2.45, 2.75) is 20.3 Å². The Labute approximate surface area is 76.6 Å². The summed E-state index contributed by atoms with van der Waals surface area (Å²) >= 11 is 0. The molecule has 1 unspecified atom stereocenters. The Balaban J connectivity index is 2.68. The van der Waals surface area contributed by atoms with E-state index in [0.29, 0.717) is 12.0 Å². The van der Waals surface area contributed by atoms with Crippen LogP contribution in [0.2, 0.25) is 0 Å². The molecule has 0 heterocycles. The van der Waals surface area contributed by atoms with Gasteiger partial charge in [0.15, 0.2) is 5.78 Å². The molecule has 0 amide bonds. The van der Waals surface area contributed by atoms with Gasteiger partial charge in [-0.05, 0) is 30.5 Å². The van der Waals surface area contributed by atoms with E-state index in [4.69, 9.17) is 0 Å². The summed E-state index contributed by atoms with van der Waals surface area (Å²) in [6.07, 6.45) is 0.692. The molecule has 0 aromatic heterocycles. The van der Waals surface area contributed by atoms with Crippen molar-refractivity contribution < 1.29 is 9.18 Å². The Morgan fingerprint density at radius 2 is 2.15 bits per heavy atom. The molecule has 1 atom stereocenters. The van der Waals surface area contributed by atoms with Gasteiger partial charge in [-0.1, -0.05) is 13.0 Å². The quantitative estimate of drug-likeness (QED) is 0.596. The van der Waals surface area contributed by atoms with E-state index >= 15 is 0 Å². The van der Waals surface area contributed by atoms with Crippen LogP contribution in [0.5, 0.6) is 0 Å². The first kappa shape index (κ1) is 8.42. The van der Waals surface area contributed by atoms with Gasteiger partial charge in [-0.25, -0.2) is 4.39 Å². The number of fused-ring (bicyclic) bond motifs is 1. The number of rotatable bonds is 0. The van der Waals surface area contributed by atoms with E-state index in [1.807, 2.05) is 13.8 Å². The topological polar surface area (TPSA) is 17.1 Å². The van der Waals surface area contributed by atoms with Crippen molar-refractivity contribution in [3.05, 3.63) is 34.6 Å². The molecule has 1 aromatic carbocycles. The van der Waals surface area contributed by atoms with Crippen molar-refractivity contribution in [1.82, 2.24) is 0 Å². The lowest BCUT2D eigenvalue weighted by Crippen LogP contribution is -2.04. The molecule has 68 valence electrons. The fourth-order valence-corrected chi connectivity index (χ4v) is 1.90. The van der Waals surface area contributed by atoms with E-state index in [9.17, 15) is 9.18 Å². The maximum absolute atomic E-state index is 13.3. The zero-order chi connectivity index (χ0) is 9.59. The Morgan fingerprint density at radius 1 is 1.46 bits per heavy atom. The first-order chi connectivity index (χ1) is 6.11. The van der Waals surface area contributed by atoms with Crippen LogP contribution in [0.25, 0.3) is 0 Å². The molecule has 2 rings (SSSR count). The van der Waals surface area contributed by atoms with Gasteiger partial charge in [-0.15, -0.1) is 0 Å². The summed E-state index contributed by atoms with van der Waals surface area (Å²) in [5, 5.41) is 0. The number of carbonyl (C=O) groups is 1. The maximum Gasteiger partial charge on any atom is 0.169 e. The normalized spacial score (nSPS) is 20.5. The van der Waals surface area contributed by atoms with Crippen molar-refractivity contribution >= 4 is 5.78 Å². The summed E-state index contributed by atoms with van der Waals surface area (Å²) in [5.74, 6) is -0.461. The van der Waals surface area contributed by atoms with Crippen LogP contribution in [0.1, 0.15) is 28.4 Å². The molecular formula is C11H11FO. The van der Waals surface area contributed by atoms with Gasteiger partial charge < -0.3 is 0 Å². The molecule has 2 heteroatoms. The molecule has 0 saturated carbocycles. The fourth-order valence-electron chi connectivity index (χ4n) is 1.90. The van der Waals surface area contributed by atoms with Gasteiger partial charge >= 0.3 is 0 Å². The standard InChI is InChI=1S/C11H11FO/c1-6-3-4-9(12)10-8(6)5-7(2)11(10)13/h3-4,7H,5H2,1-2H3. The highest BCUT2D eigenvalue weighted by Gasteiger charge is 2.30. The second-order valence-electron chi connectivity index (χ2n) is 3.69. The van der Waals surface area contributed by atoms with E-state index in [1.54, 1.807) is 6.07 Å². The van der Waals surface area contributed by atoms with E-state index in [2.05, 4.69) is 0 Å². The van der Waals surface area contributed by atoms with Crippen LogP contribution in [0.15, 0.2) is 12.1 Å². The number of Topliss-reactive ketones (excluding diaryl/α,β-unsaturated/α-hetero) is 1. The van der Waals surface area contributed by atoms with Gasteiger partial charge in [0.2, 0.25) is 0 Å². The molecule has 1 aliphatic carbocycles. The van der Waals surface area contributed by atoms with Gasteiger partial charge in [0, 0.05) is 5.92 Å². The van der Waals surface area contributed by atoms with E-state index in [0.717, 1.165) is 11.1 Å². The third kappa shape index (κ3) is 1.09. The summed E-state index contributed by atoms with van der Waals surface area (Å²) in [7, 11) is 0. The maximum atomic E-state index is 13.3. The summed E-state index contributed by atoms with van der Waals surface area (Å²) in [6, 6.07) is 3.11. The number of hydrogen-bond donors (Lipinski definition) is 0. The first-order valence-corrected chi connectivity index (χ1v) is 4.43. The fraction of sp³-hybridized carbons (Fsp3) is 0.364. The van der Waals surface area contributed by atoms with Crippen molar-refractivity contribution in [2.75, 3.05) is 0 Å². The minimum absolute atomic E-state index is 0.0452. The summed E-state index contributed by atoms with van der Waals surface area (Å²) < 4.78 is 13.3. The van der Waals surface area contributed by atoms with E-state index in [1.165, 1.54) is 6.07 Å². The molecule has 13 heavy (non-hydrogen) atoms. The highest BCUT2D eigenvalue weighted by atomic mass is 19.1. The second-order valence-corrected chi connectivity index (χ2v) is 3.69. The Hall–Kier alpha value is -1.18. The molecule has 0 radical (unpaired) electrons. The Bertz CT molecular complexity index is 382. The predicted octanol–water partition coefficient (Wildman–Crippen LogP) is 2.51.